The highest BCUT2D eigenvalue weighted by atomic mass is 32.2. The molecule has 0 aliphatic rings. The number of nitrogens with one attached hydrogen (secondary N) is 1. The first kappa shape index (κ1) is 22.5. The molecule has 1 atom stereocenters. The zero-order valence-corrected chi connectivity index (χ0v) is 17.8. The van der Waals surface area contributed by atoms with Gasteiger partial charge in [-0.05, 0) is 39.3 Å². The number of fused-ring (bicyclic) bond motifs is 1. The Bertz CT molecular complexity index is 1020. The van der Waals surface area contributed by atoms with Crippen molar-refractivity contribution in [2.75, 3.05) is 6.26 Å². The molecule has 2 aromatic rings. The number of carbonyl (C=O) groups is 2. The molecule has 7 nitrogen and oxygen atoms in total. The number of benzene rings is 1. The SMILES string of the molecule is CC(C)(C)OC(=O)CCC(C=CS(C)(=O)=O)NC(=O)c1ccc2ccccc2n1. The smallest absolute Gasteiger partial charge is 0.306 e. The fourth-order valence-electron chi connectivity index (χ4n) is 2.55. The van der Waals surface area contributed by atoms with Gasteiger partial charge in [-0.2, -0.15) is 0 Å². The van der Waals surface area contributed by atoms with Gasteiger partial charge < -0.3 is 10.1 Å². The van der Waals surface area contributed by atoms with E-state index in [0.29, 0.717) is 5.52 Å². The number of nitrogens with zero attached hydrogens (tertiary/aromatic N) is 1. The van der Waals surface area contributed by atoms with Gasteiger partial charge in [-0.25, -0.2) is 13.4 Å². The Balaban J connectivity index is 2.13. The van der Waals surface area contributed by atoms with Crippen LogP contribution in [-0.4, -0.2) is 43.2 Å². The molecule has 1 unspecified atom stereocenters. The predicted molar refractivity (Wildman–Crippen MR) is 112 cm³/mol. The Morgan fingerprint density at radius 2 is 1.86 bits per heavy atom. The van der Waals surface area contributed by atoms with Crippen LogP contribution in [0.2, 0.25) is 0 Å². The quantitative estimate of drug-likeness (QED) is 0.694. The van der Waals surface area contributed by atoms with Gasteiger partial charge in [0.05, 0.1) is 5.52 Å². The van der Waals surface area contributed by atoms with Crippen molar-refractivity contribution in [3.8, 4) is 0 Å². The number of ether oxygens (including phenoxy) is 1. The van der Waals surface area contributed by atoms with Crippen LogP contribution in [0.5, 0.6) is 0 Å². The summed E-state index contributed by atoms with van der Waals surface area (Å²) in [5, 5.41) is 4.65. The lowest BCUT2D eigenvalue weighted by molar-refractivity contribution is -0.155. The van der Waals surface area contributed by atoms with Crippen LogP contribution in [0.3, 0.4) is 0 Å². The lowest BCUT2D eigenvalue weighted by atomic mass is 10.1. The van der Waals surface area contributed by atoms with Crippen molar-refractivity contribution in [1.82, 2.24) is 10.3 Å². The van der Waals surface area contributed by atoms with E-state index >= 15 is 0 Å². The molecule has 0 fully saturated rings. The number of para-hydroxylation sites is 1. The summed E-state index contributed by atoms with van der Waals surface area (Å²) < 4.78 is 28.2. The molecule has 0 aliphatic carbocycles. The van der Waals surface area contributed by atoms with Crippen molar-refractivity contribution in [3.05, 3.63) is 53.6 Å². The van der Waals surface area contributed by atoms with E-state index in [4.69, 9.17) is 4.74 Å². The van der Waals surface area contributed by atoms with Crippen LogP contribution < -0.4 is 5.32 Å². The minimum Gasteiger partial charge on any atom is -0.460 e. The van der Waals surface area contributed by atoms with E-state index in [0.717, 1.165) is 17.1 Å². The number of hydrogen-bond acceptors (Lipinski definition) is 6. The number of amides is 1. The molecule has 0 spiro atoms. The van der Waals surface area contributed by atoms with Crippen molar-refractivity contribution in [1.29, 1.82) is 0 Å². The van der Waals surface area contributed by atoms with Gasteiger partial charge in [0.2, 0.25) is 0 Å². The Morgan fingerprint density at radius 1 is 1.17 bits per heavy atom. The van der Waals surface area contributed by atoms with Crippen molar-refractivity contribution >= 4 is 32.6 Å². The first-order valence-electron chi connectivity index (χ1n) is 9.20. The number of rotatable bonds is 7. The van der Waals surface area contributed by atoms with E-state index in [1.54, 1.807) is 39.0 Å². The number of aromatic nitrogens is 1. The molecule has 0 saturated heterocycles. The number of esters is 1. The molecule has 1 N–H and O–H groups in total. The van der Waals surface area contributed by atoms with Crippen LogP contribution >= 0.6 is 0 Å². The largest absolute Gasteiger partial charge is 0.460 e. The molecule has 0 radical (unpaired) electrons. The number of sulfone groups is 1. The van der Waals surface area contributed by atoms with Crippen LogP contribution in [0.1, 0.15) is 44.1 Å². The molecular weight excluding hydrogens is 392 g/mol. The molecule has 0 aliphatic heterocycles. The average molecular weight is 419 g/mol. The highest BCUT2D eigenvalue weighted by Crippen LogP contribution is 2.13. The minimum atomic E-state index is -3.38. The Morgan fingerprint density at radius 3 is 2.52 bits per heavy atom. The summed E-state index contributed by atoms with van der Waals surface area (Å²) in [5.41, 5.74) is 0.267. The van der Waals surface area contributed by atoms with Crippen LogP contribution in [0, 0.1) is 0 Å². The molecule has 2 rings (SSSR count). The lowest BCUT2D eigenvalue weighted by Crippen LogP contribution is -2.35. The maximum atomic E-state index is 12.6. The summed E-state index contributed by atoms with van der Waals surface area (Å²) in [5.74, 6) is -0.878. The second kappa shape index (κ2) is 9.17. The summed E-state index contributed by atoms with van der Waals surface area (Å²) in [7, 11) is -3.38. The molecule has 1 aromatic carbocycles. The van der Waals surface area contributed by atoms with E-state index in [2.05, 4.69) is 10.3 Å². The molecule has 0 saturated carbocycles. The van der Waals surface area contributed by atoms with Crippen molar-refractivity contribution in [2.24, 2.45) is 0 Å². The Kier molecular flexibility index (Phi) is 7.13. The maximum Gasteiger partial charge on any atom is 0.306 e. The first-order valence-corrected chi connectivity index (χ1v) is 11.2. The molecule has 156 valence electrons. The molecule has 1 aromatic heterocycles. The van der Waals surface area contributed by atoms with Gasteiger partial charge in [-0.3, -0.25) is 9.59 Å². The number of carbonyl (C=O) groups excluding carboxylic acids is 2. The monoisotopic (exact) mass is 418 g/mol. The summed E-state index contributed by atoms with van der Waals surface area (Å²) in [6, 6.07) is 10.1. The van der Waals surface area contributed by atoms with E-state index in [9.17, 15) is 18.0 Å². The fourth-order valence-corrected chi connectivity index (χ4v) is 3.03. The predicted octanol–water partition coefficient (Wildman–Crippen LogP) is 3.01. The number of hydrogen-bond donors (Lipinski definition) is 1. The summed E-state index contributed by atoms with van der Waals surface area (Å²) >= 11 is 0. The Hall–Kier alpha value is -2.74. The van der Waals surface area contributed by atoms with E-state index in [1.165, 1.54) is 6.08 Å². The highest BCUT2D eigenvalue weighted by molar-refractivity contribution is 7.93. The van der Waals surface area contributed by atoms with Gasteiger partial charge in [-0.15, -0.1) is 0 Å². The van der Waals surface area contributed by atoms with Gasteiger partial charge in [-0.1, -0.05) is 30.3 Å². The minimum absolute atomic E-state index is 0.0292. The van der Waals surface area contributed by atoms with Gasteiger partial charge >= 0.3 is 5.97 Å². The lowest BCUT2D eigenvalue weighted by Gasteiger charge is -2.20. The molecule has 1 amide bonds. The van der Waals surface area contributed by atoms with Crippen molar-refractivity contribution in [2.45, 2.75) is 45.3 Å². The van der Waals surface area contributed by atoms with Crippen LogP contribution in [0.25, 0.3) is 10.9 Å². The van der Waals surface area contributed by atoms with E-state index in [1.807, 2.05) is 18.2 Å². The maximum absolute atomic E-state index is 12.6. The standard InChI is InChI=1S/C21H26N2O5S/c1-21(2,3)28-19(24)12-10-16(13-14-29(4,26)27)22-20(25)18-11-9-15-7-5-6-8-17(15)23-18/h5-9,11,13-14,16H,10,12H2,1-4H3,(H,22,25). The third-order valence-corrected chi connectivity index (χ3v) is 4.44. The third kappa shape index (κ3) is 8.03. The van der Waals surface area contributed by atoms with Crippen LogP contribution in [-0.2, 0) is 19.4 Å². The zero-order chi connectivity index (χ0) is 21.7. The van der Waals surface area contributed by atoms with Gasteiger partial charge in [0.15, 0.2) is 9.84 Å². The van der Waals surface area contributed by atoms with Crippen molar-refractivity contribution < 1.29 is 22.7 Å². The molecule has 29 heavy (non-hydrogen) atoms. The van der Waals surface area contributed by atoms with Gasteiger partial charge in [0, 0.05) is 29.5 Å². The second-order valence-electron chi connectivity index (χ2n) is 7.75. The molecule has 8 heteroatoms. The van der Waals surface area contributed by atoms with Crippen LogP contribution in [0.15, 0.2) is 47.9 Å². The van der Waals surface area contributed by atoms with Crippen LogP contribution in [0.4, 0.5) is 0 Å². The first-order chi connectivity index (χ1) is 13.4. The number of pyridine rings is 1. The third-order valence-electron chi connectivity index (χ3n) is 3.79. The summed E-state index contributed by atoms with van der Waals surface area (Å²) in [6.07, 6.45) is 2.64. The normalized spacial score (nSPS) is 13.4. The van der Waals surface area contributed by atoms with Crippen molar-refractivity contribution in [3.63, 3.8) is 0 Å². The molecule has 1 heterocycles. The highest BCUT2D eigenvalue weighted by Gasteiger charge is 2.19. The van der Waals surface area contributed by atoms with E-state index < -0.39 is 33.4 Å². The summed E-state index contributed by atoms with van der Waals surface area (Å²) in [6.45, 7) is 5.29. The summed E-state index contributed by atoms with van der Waals surface area (Å²) in [4.78, 5) is 28.9. The fraction of sp³-hybridized carbons (Fsp3) is 0.381. The van der Waals surface area contributed by atoms with Gasteiger partial charge in [0.1, 0.15) is 11.3 Å². The topological polar surface area (TPSA) is 102 Å². The average Bonchev–Trinajstić information content (AvgIpc) is 2.61. The van der Waals surface area contributed by atoms with E-state index in [-0.39, 0.29) is 18.5 Å². The molecular formula is C21H26N2O5S. The second-order valence-corrected chi connectivity index (χ2v) is 9.68. The zero-order valence-electron chi connectivity index (χ0n) is 17.0. The van der Waals surface area contributed by atoms with Gasteiger partial charge in [0.25, 0.3) is 5.91 Å². The Labute approximate surface area is 171 Å². The molecule has 0 bridgehead atoms.